The van der Waals surface area contributed by atoms with Gasteiger partial charge in [-0.25, -0.2) is 4.79 Å². The van der Waals surface area contributed by atoms with Crippen molar-refractivity contribution in [1.29, 1.82) is 5.41 Å². The minimum atomic E-state index is -0.840. The molecule has 0 spiro atoms. The molecule has 0 aromatic heterocycles. The zero-order chi connectivity index (χ0) is 23.1. The zero-order valence-electron chi connectivity index (χ0n) is 18.4. The van der Waals surface area contributed by atoms with E-state index >= 15 is 0 Å². The van der Waals surface area contributed by atoms with Gasteiger partial charge in [-0.1, -0.05) is 42.5 Å². The van der Waals surface area contributed by atoms with E-state index in [1.54, 1.807) is 11.0 Å². The molecule has 0 bridgehead atoms. The molecule has 164 valence electrons. The number of aliphatic hydroxyl groups excluding tert-OH is 1. The molecule has 0 aliphatic rings. The van der Waals surface area contributed by atoms with Crippen molar-refractivity contribution in [2.75, 3.05) is 31.4 Å². The van der Waals surface area contributed by atoms with Crippen molar-refractivity contribution < 1.29 is 14.6 Å². The lowest BCUT2D eigenvalue weighted by molar-refractivity contribution is -0.134. The number of aliphatic hydroxyl groups is 1. The van der Waals surface area contributed by atoms with Crippen LogP contribution in [0.15, 0.2) is 72.8 Å². The molecule has 0 heterocycles. The van der Waals surface area contributed by atoms with E-state index < -0.39 is 12.2 Å². The smallest absolute Gasteiger partial charge is 0.330 e. The number of hydrogen-bond donors (Lipinski definition) is 3. The average molecular weight is 430 g/mol. The molecule has 0 saturated carbocycles. The molecule has 6 nitrogen and oxygen atoms in total. The maximum atomic E-state index is 11.3. The number of benzene rings is 3. The minimum absolute atomic E-state index is 0.419. The van der Waals surface area contributed by atoms with E-state index in [-0.39, 0.29) is 0 Å². The molecule has 0 aliphatic heterocycles. The number of nitrogens with one attached hydrogen (secondary N) is 2. The number of anilines is 2. The van der Waals surface area contributed by atoms with Gasteiger partial charge in [0.2, 0.25) is 0 Å². The fourth-order valence-corrected chi connectivity index (χ4v) is 3.38. The van der Waals surface area contributed by atoms with Gasteiger partial charge in [-0.05, 0) is 47.0 Å². The Bertz CT molecular complexity index is 1120. The highest BCUT2D eigenvalue weighted by atomic mass is 16.5. The van der Waals surface area contributed by atoms with E-state index in [1.807, 2.05) is 80.8 Å². The highest BCUT2D eigenvalue weighted by Gasteiger charge is 2.15. The lowest BCUT2D eigenvalue weighted by Gasteiger charge is -2.26. The summed E-state index contributed by atoms with van der Waals surface area (Å²) in [6, 6.07) is 21.2. The third-order valence-corrected chi connectivity index (χ3v) is 5.28. The van der Waals surface area contributed by atoms with Crippen molar-refractivity contribution in [2.24, 2.45) is 0 Å². The average Bonchev–Trinajstić information content (AvgIpc) is 2.86. The fraction of sp³-hybridized carbons (Fsp3) is 0.154. The third-order valence-electron chi connectivity index (χ3n) is 5.28. The molecule has 1 unspecified atom stereocenters. The summed E-state index contributed by atoms with van der Waals surface area (Å²) in [5.74, 6) is -0.419. The first-order valence-corrected chi connectivity index (χ1v) is 10.2. The Labute approximate surface area is 188 Å². The van der Waals surface area contributed by atoms with E-state index in [0.717, 1.165) is 39.2 Å². The van der Waals surface area contributed by atoms with Crippen LogP contribution in [0.1, 0.15) is 22.9 Å². The Kier molecular flexibility index (Phi) is 7.41. The molecule has 0 amide bonds. The fourth-order valence-electron chi connectivity index (χ4n) is 3.38. The van der Waals surface area contributed by atoms with Crippen molar-refractivity contribution in [3.8, 4) is 11.1 Å². The summed E-state index contributed by atoms with van der Waals surface area (Å²) in [5.41, 5.74) is 6.12. The Morgan fingerprint density at radius 3 is 2.47 bits per heavy atom. The molecule has 0 fully saturated rings. The van der Waals surface area contributed by atoms with Crippen molar-refractivity contribution in [2.45, 2.75) is 6.23 Å². The summed E-state index contributed by atoms with van der Waals surface area (Å²) >= 11 is 0. The second kappa shape index (κ2) is 10.4. The zero-order valence-corrected chi connectivity index (χ0v) is 18.4. The number of carbonyl (C=O) groups is 1. The van der Waals surface area contributed by atoms with Crippen molar-refractivity contribution in [1.82, 2.24) is 0 Å². The van der Waals surface area contributed by atoms with Crippen molar-refractivity contribution >= 4 is 29.6 Å². The van der Waals surface area contributed by atoms with Crippen LogP contribution in [0.3, 0.4) is 0 Å². The van der Waals surface area contributed by atoms with E-state index in [4.69, 9.17) is 5.41 Å². The third kappa shape index (κ3) is 5.22. The van der Waals surface area contributed by atoms with Gasteiger partial charge in [0, 0.05) is 48.9 Å². The number of esters is 1. The summed E-state index contributed by atoms with van der Waals surface area (Å²) in [7, 11) is 4.98. The van der Waals surface area contributed by atoms with Crippen LogP contribution < -0.4 is 10.2 Å². The second-order valence-corrected chi connectivity index (χ2v) is 7.25. The minimum Gasteiger partial charge on any atom is -0.466 e. The van der Waals surface area contributed by atoms with Gasteiger partial charge < -0.3 is 25.5 Å². The quantitative estimate of drug-likeness (QED) is 0.209. The normalized spacial score (nSPS) is 11.8. The van der Waals surface area contributed by atoms with Gasteiger partial charge in [0.25, 0.3) is 0 Å². The second-order valence-electron chi connectivity index (χ2n) is 7.25. The predicted octanol–water partition coefficient (Wildman–Crippen LogP) is 4.71. The Morgan fingerprint density at radius 2 is 1.81 bits per heavy atom. The summed E-state index contributed by atoms with van der Waals surface area (Å²) in [5, 5.41) is 21.6. The number of rotatable bonds is 8. The first-order valence-electron chi connectivity index (χ1n) is 10.2. The van der Waals surface area contributed by atoms with Gasteiger partial charge in [-0.3, -0.25) is 0 Å². The van der Waals surface area contributed by atoms with Gasteiger partial charge in [-0.15, -0.1) is 0 Å². The molecule has 0 aliphatic carbocycles. The van der Waals surface area contributed by atoms with Crippen LogP contribution in [-0.2, 0) is 9.53 Å². The molecule has 3 aromatic rings. The van der Waals surface area contributed by atoms with Crippen LogP contribution in [0, 0.1) is 5.41 Å². The standard InChI is InChI=1S/C26H27N3O3/c1-28-24-13-12-21(16-22(24)17-27)19-8-10-20(11-9-19)26(31)29(2)23-6-4-5-18(15-23)7-14-25(30)32-3/h4-17,26-28,31H,1-3H3/b14-7+,27-17?. The Hall–Kier alpha value is -3.90. The maximum absolute atomic E-state index is 11.3. The first kappa shape index (κ1) is 22.8. The summed E-state index contributed by atoms with van der Waals surface area (Å²) in [6.45, 7) is 0. The van der Waals surface area contributed by atoms with Crippen molar-refractivity contribution in [3.63, 3.8) is 0 Å². The van der Waals surface area contributed by atoms with Gasteiger partial charge >= 0.3 is 5.97 Å². The van der Waals surface area contributed by atoms with Crippen LogP contribution in [0.5, 0.6) is 0 Å². The molecular formula is C26H27N3O3. The van der Waals surface area contributed by atoms with Crippen LogP contribution >= 0.6 is 0 Å². The van der Waals surface area contributed by atoms with E-state index in [0.29, 0.717) is 0 Å². The maximum Gasteiger partial charge on any atom is 0.330 e. The molecule has 3 N–H and O–H groups in total. The molecule has 32 heavy (non-hydrogen) atoms. The van der Waals surface area contributed by atoms with Gasteiger partial charge in [0.05, 0.1) is 7.11 Å². The highest BCUT2D eigenvalue weighted by Crippen LogP contribution is 2.28. The van der Waals surface area contributed by atoms with Crippen LogP contribution in [0.2, 0.25) is 0 Å². The van der Waals surface area contributed by atoms with E-state index in [9.17, 15) is 9.90 Å². The summed E-state index contributed by atoms with van der Waals surface area (Å²) in [4.78, 5) is 13.1. The number of hydrogen-bond acceptors (Lipinski definition) is 6. The van der Waals surface area contributed by atoms with Gasteiger partial charge in [-0.2, -0.15) is 0 Å². The largest absolute Gasteiger partial charge is 0.466 e. The molecule has 0 saturated heterocycles. The Balaban J connectivity index is 1.78. The van der Waals surface area contributed by atoms with Crippen LogP contribution in [0.4, 0.5) is 11.4 Å². The summed E-state index contributed by atoms with van der Waals surface area (Å²) < 4.78 is 4.62. The molecule has 0 radical (unpaired) electrons. The number of ether oxygens (including phenoxy) is 1. The number of nitrogens with zero attached hydrogens (tertiary/aromatic N) is 1. The summed E-state index contributed by atoms with van der Waals surface area (Å²) in [6.07, 6.45) is 3.53. The van der Waals surface area contributed by atoms with Gasteiger partial charge in [0.15, 0.2) is 6.23 Å². The number of methoxy groups -OCH3 is 1. The van der Waals surface area contributed by atoms with Crippen LogP contribution in [-0.4, -0.2) is 38.5 Å². The molecule has 3 aromatic carbocycles. The van der Waals surface area contributed by atoms with E-state index in [2.05, 4.69) is 10.1 Å². The molecule has 3 rings (SSSR count). The molecule has 6 heteroatoms. The molecule has 1 atom stereocenters. The first-order chi connectivity index (χ1) is 15.5. The van der Waals surface area contributed by atoms with Crippen LogP contribution in [0.25, 0.3) is 17.2 Å². The predicted molar refractivity (Wildman–Crippen MR) is 130 cm³/mol. The topological polar surface area (TPSA) is 85.7 Å². The number of carbonyl (C=O) groups excluding carboxylic acids is 1. The SMILES string of the molecule is CNc1ccc(-c2ccc(C(O)N(C)c3cccc(/C=C/C(=O)OC)c3)cc2)cc1C=N. The van der Waals surface area contributed by atoms with Gasteiger partial charge in [0.1, 0.15) is 0 Å². The lowest BCUT2D eigenvalue weighted by Crippen LogP contribution is -2.23. The highest BCUT2D eigenvalue weighted by molar-refractivity contribution is 5.88. The monoisotopic (exact) mass is 429 g/mol. The van der Waals surface area contributed by atoms with E-state index in [1.165, 1.54) is 19.4 Å². The molecular weight excluding hydrogens is 402 g/mol. The van der Waals surface area contributed by atoms with Crippen molar-refractivity contribution in [3.05, 3.63) is 89.5 Å². The lowest BCUT2D eigenvalue weighted by atomic mass is 10.0. The Morgan fingerprint density at radius 1 is 1.09 bits per heavy atom.